The van der Waals surface area contributed by atoms with Gasteiger partial charge in [0.05, 0.1) is 6.61 Å². The molecule has 1 rings (SSSR count). The Morgan fingerprint density at radius 1 is 1.89 bits per heavy atom. The SMILES string of the molecule is C[C@]1(CO)CCC(=O)O1. The Hall–Kier alpha value is -0.570. The van der Waals surface area contributed by atoms with Gasteiger partial charge in [-0.15, -0.1) is 0 Å². The van der Waals surface area contributed by atoms with Crippen molar-refractivity contribution in [3.63, 3.8) is 0 Å². The molecule has 0 spiro atoms. The van der Waals surface area contributed by atoms with E-state index in [2.05, 4.69) is 0 Å². The molecule has 0 aromatic heterocycles. The molecular weight excluding hydrogens is 120 g/mol. The first-order chi connectivity index (χ1) is 4.16. The molecule has 1 aliphatic rings. The van der Waals surface area contributed by atoms with Crippen molar-refractivity contribution >= 4 is 5.97 Å². The van der Waals surface area contributed by atoms with E-state index in [1.54, 1.807) is 6.92 Å². The summed E-state index contributed by atoms with van der Waals surface area (Å²) in [4.78, 5) is 10.5. The van der Waals surface area contributed by atoms with Crippen molar-refractivity contribution in [3.8, 4) is 0 Å². The number of carbonyl (C=O) groups excluding carboxylic acids is 1. The van der Waals surface area contributed by atoms with Crippen LogP contribution in [0.1, 0.15) is 19.8 Å². The molecule has 0 radical (unpaired) electrons. The largest absolute Gasteiger partial charge is 0.457 e. The fourth-order valence-corrected chi connectivity index (χ4v) is 0.855. The highest BCUT2D eigenvalue weighted by Gasteiger charge is 2.34. The summed E-state index contributed by atoms with van der Waals surface area (Å²) >= 11 is 0. The van der Waals surface area contributed by atoms with E-state index < -0.39 is 5.60 Å². The van der Waals surface area contributed by atoms with Crippen LogP contribution >= 0.6 is 0 Å². The number of rotatable bonds is 1. The number of cyclic esters (lactones) is 1. The summed E-state index contributed by atoms with van der Waals surface area (Å²) < 4.78 is 4.81. The van der Waals surface area contributed by atoms with Crippen LogP contribution < -0.4 is 0 Å². The lowest BCUT2D eigenvalue weighted by atomic mass is 10.1. The second-order valence-corrected chi connectivity index (χ2v) is 2.58. The van der Waals surface area contributed by atoms with E-state index >= 15 is 0 Å². The van der Waals surface area contributed by atoms with Crippen LogP contribution in [-0.4, -0.2) is 23.3 Å². The summed E-state index contributed by atoms with van der Waals surface area (Å²) in [6.45, 7) is 1.66. The minimum absolute atomic E-state index is 0.0707. The monoisotopic (exact) mass is 130 g/mol. The van der Waals surface area contributed by atoms with Crippen LogP contribution in [0.2, 0.25) is 0 Å². The first-order valence-electron chi connectivity index (χ1n) is 2.99. The molecule has 3 heteroatoms. The van der Waals surface area contributed by atoms with Gasteiger partial charge in [-0.2, -0.15) is 0 Å². The second-order valence-electron chi connectivity index (χ2n) is 2.58. The van der Waals surface area contributed by atoms with Crippen LogP contribution in [0.15, 0.2) is 0 Å². The van der Waals surface area contributed by atoms with Gasteiger partial charge in [-0.05, 0) is 13.3 Å². The Morgan fingerprint density at radius 2 is 2.56 bits per heavy atom. The Morgan fingerprint density at radius 3 is 2.78 bits per heavy atom. The van der Waals surface area contributed by atoms with E-state index in [4.69, 9.17) is 9.84 Å². The van der Waals surface area contributed by atoms with Gasteiger partial charge in [-0.3, -0.25) is 4.79 Å². The Bertz CT molecular complexity index is 132. The van der Waals surface area contributed by atoms with E-state index in [-0.39, 0.29) is 12.6 Å². The van der Waals surface area contributed by atoms with E-state index in [1.807, 2.05) is 0 Å². The quantitative estimate of drug-likeness (QED) is 0.511. The van der Waals surface area contributed by atoms with Crippen LogP contribution in [0.4, 0.5) is 0 Å². The standard InChI is InChI=1S/C6H10O3/c1-6(4-7)3-2-5(8)9-6/h7H,2-4H2,1H3/t6-/m1/s1. The first-order valence-corrected chi connectivity index (χ1v) is 2.99. The molecule has 0 aromatic carbocycles. The van der Waals surface area contributed by atoms with Gasteiger partial charge in [0.25, 0.3) is 0 Å². The molecule has 0 bridgehead atoms. The molecule has 0 aromatic rings. The third kappa shape index (κ3) is 1.21. The smallest absolute Gasteiger partial charge is 0.306 e. The van der Waals surface area contributed by atoms with Gasteiger partial charge in [-0.25, -0.2) is 0 Å². The van der Waals surface area contributed by atoms with Gasteiger partial charge in [0.2, 0.25) is 0 Å². The van der Waals surface area contributed by atoms with E-state index in [9.17, 15) is 4.79 Å². The normalized spacial score (nSPS) is 34.7. The number of ether oxygens (including phenoxy) is 1. The van der Waals surface area contributed by atoms with Crippen molar-refractivity contribution in [1.82, 2.24) is 0 Å². The minimum Gasteiger partial charge on any atom is -0.457 e. The molecular formula is C6H10O3. The lowest BCUT2D eigenvalue weighted by Crippen LogP contribution is -2.28. The number of hydrogen-bond acceptors (Lipinski definition) is 3. The highest BCUT2D eigenvalue weighted by Crippen LogP contribution is 2.24. The zero-order valence-electron chi connectivity index (χ0n) is 5.39. The summed E-state index contributed by atoms with van der Waals surface area (Å²) in [5, 5.41) is 8.67. The molecule has 1 aliphatic heterocycles. The summed E-state index contributed by atoms with van der Waals surface area (Å²) in [6.07, 6.45) is 1.08. The molecule has 0 aliphatic carbocycles. The highest BCUT2D eigenvalue weighted by atomic mass is 16.6. The van der Waals surface area contributed by atoms with Gasteiger partial charge in [0.1, 0.15) is 5.60 Å². The van der Waals surface area contributed by atoms with Crippen molar-refractivity contribution in [2.75, 3.05) is 6.61 Å². The molecule has 0 amide bonds. The number of aliphatic hydroxyl groups is 1. The highest BCUT2D eigenvalue weighted by molar-refractivity contribution is 5.72. The van der Waals surface area contributed by atoms with Crippen molar-refractivity contribution in [3.05, 3.63) is 0 Å². The summed E-state index contributed by atoms with van der Waals surface area (Å²) in [5.74, 6) is -0.202. The molecule has 3 nitrogen and oxygen atoms in total. The predicted octanol–water partition coefficient (Wildman–Crippen LogP) is 0.0744. The molecule has 1 saturated heterocycles. The molecule has 0 saturated carbocycles. The van der Waals surface area contributed by atoms with Gasteiger partial charge in [-0.1, -0.05) is 0 Å². The fraction of sp³-hybridized carbons (Fsp3) is 0.833. The summed E-state index contributed by atoms with van der Waals surface area (Å²) in [5.41, 5.74) is -0.586. The molecule has 1 fully saturated rings. The van der Waals surface area contributed by atoms with Crippen molar-refractivity contribution < 1.29 is 14.6 Å². The number of hydrogen-bond donors (Lipinski definition) is 1. The van der Waals surface area contributed by atoms with Gasteiger partial charge in [0.15, 0.2) is 0 Å². The third-order valence-corrected chi connectivity index (χ3v) is 1.55. The maximum absolute atomic E-state index is 10.5. The Labute approximate surface area is 53.6 Å². The van der Waals surface area contributed by atoms with Crippen LogP contribution in [0, 0.1) is 0 Å². The van der Waals surface area contributed by atoms with Crippen LogP contribution in [0.25, 0.3) is 0 Å². The predicted molar refractivity (Wildman–Crippen MR) is 30.8 cm³/mol. The van der Waals surface area contributed by atoms with E-state index in [0.717, 1.165) is 0 Å². The second kappa shape index (κ2) is 1.99. The van der Waals surface area contributed by atoms with E-state index in [0.29, 0.717) is 12.8 Å². The molecule has 52 valence electrons. The summed E-state index contributed by atoms with van der Waals surface area (Å²) in [6, 6.07) is 0. The molecule has 1 heterocycles. The molecule has 1 atom stereocenters. The topological polar surface area (TPSA) is 46.5 Å². The molecule has 1 N–H and O–H groups in total. The van der Waals surface area contributed by atoms with Gasteiger partial charge in [0, 0.05) is 6.42 Å². The molecule has 9 heavy (non-hydrogen) atoms. The van der Waals surface area contributed by atoms with Crippen LogP contribution in [0.5, 0.6) is 0 Å². The number of carbonyl (C=O) groups is 1. The average Bonchev–Trinajstić information content (AvgIpc) is 2.13. The Balaban J connectivity index is 2.54. The zero-order valence-corrected chi connectivity index (χ0v) is 5.39. The third-order valence-electron chi connectivity index (χ3n) is 1.55. The van der Waals surface area contributed by atoms with Crippen molar-refractivity contribution in [2.45, 2.75) is 25.4 Å². The van der Waals surface area contributed by atoms with Crippen LogP contribution in [0.3, 0.4) is 0 Å². The van der Waals surface area contributed by atoms with Gasteiger partial charge < -0.3 is 9.84 Å². The first kappa shape index (κ1) is 6.55. The molecule has 0 unspecified atom stereocenters. The van der Waals surface area contributed by atoms with Crippen LogP contribution in [-0.2, 0) is 9.53 Å². The fourth-order valence-electron chi connectivity index (χ4n) is 0.855. The number of esters is 1. The van der Waals surface area contributed by atoms with Gasteiger partial charge >= 0.3 is 5.97 Å². The minimum atomic E-state index is -0.586. The zero-order chi connectivity index (χ0) is 6.91. The Kier molecular flexibility index (Phi) is 1.45. The number of aliphatic hydroxyl groups excluding tert-OH is 1. The lowest BCUT2D eigenvalue weighted by molar-refractivity contribution is -0.149. The van der Waals surface area contributed by atoms with Crippen molar-refractivity contribution in [1.29, 1.82) is 0 Å². The lowest BCUT2D eigenvalue weighted by Gasteiger charge is -2.18. The van der Waals surface area contributed by atoms with E-state index in [1.165, 1.54) is 0 Å². The maximum atomic E-state index is 10.5. The average molecular weight is 130 g/mol. The maximum Gasteiger partial charge on any atom is 0.306 e. The van der Waals surface area contributed by atoms with Crippen molar-refractivity contribution in [2.24, 2.45) is 0 Å². The summed E-state index contributed by atoms with van der Waals surface area (Å²) in [7, 11) is 0.